The molecule has 0 radical (unpaired) electrons. The van der Waals surface area contributed by atoms with Crippen molar-refractivity contribution >= 4 is 29.9 Å². The van der Waals surface area contributed by atoms with Gasteiger partial charge in [-0.2, -0.15) is 5.10 Å². The number of anilines is 1. The average Bonchev–Trinajstić information content (AvgIpc) is 3.08. The lowest BCUT2D eigenvalue weighted by Gasteiger charge is -2.08. The second kappa shape index (κ2) is 10.4. The zero-order valence-electron chi connectivity index (χ0n) is 13.5. The summed E-state index contributed by atoms with van der Waals surface area (Å²) < 4.78 is 1.73. The molecular formula is C16H22ClN5O2. The molecule has 0 aliphatic rings. The lowest BCUT2D eigenvalue weighted by Crippen LogP contribution is -2.33. The van der Waals surface area contributed by atoms with Crippen molar-refractivity contribution in [3.63, 3.8) is 0 Å². The van der Waals surface area contributed by atoms with Crippen LogP contribution in [0.1, 0.15) is 12.8 Å². The third-order valence-electron chi connectivity index (χ3n) is 3.20. The van der Waals surface area contributed by atoms with Gasteiger partial charge in [-0.3, -0.25) is 9.59 Å². The van der Waals surface area contributed by atoms with Crippen LogP contribution in [0.4, 0.5) is 5.69 Å². The zero-order valence-corrected chi connectivity index (χ0v) is 14.3. The second-order valence-corrected chi connectivity index (χ2v) is 5.03. The Labute approximate surface area is 147 Å². The van der Waals surface area contributed by atoms with Gasteiger partial charge in [-0.25, -0.2) is 4.68 Å². The molecule has 3 N–H and O–H groups in total. The van der Waals surface area contributed by atoms with Crippen LogP contribution in [0.3, 0.4) is 0 Å². The number of hydrogen-bond acceptors (Lipinski definition) is 4. The molecule has 7 nitrogen and oxygen atoms in total. The van der Waals surface area contributed by atoms with Gasteiger partial charge in [-0.15, -0.1) is 12.4 Å². The summed E-state index contributed by atoms with van der Waals surface area (Å²) in [4.78, 5) is 23.3. The van der Waals surface area contributed by atoms with Gasteiger partial charge in [0.2, 0.25) is 11.8 Å². The van der Waals surface area contributed by atoms with Crippen molar-refractivity contribution < 1.29 is 9.59 Å². The van der Waals surface area contributed by atoms with Crippen LogP contribution in [0.2, 0.25) is 0 Å². The highest BCUT2D eigenvalue weighted by Crippen LogP contribution is 2.12. The summed E-state index contributed by atoms with van der Waals surface area (Å²) in [5.41, 5.74) is 1.58. The lowest BCUT2D eigenvalue weighted by molar-refractivity contribution is -0.124. The zero-order chi connectivity index (χ0) is 16.5. The van der Waals surface area contributed by atoms with Gasteiger partial charge in [0.15, 0.2) is 0 Å². The van der Waals surface area contributed by atoms with Crippen LogP contribution in [0.5, 0.6) is 0 Å². The maximum absolute atomic E-state index is 11.8. The summed E-state index contributed by atoms with van der Waals surface area (Å²) in [6.07, 6.45) is 4.71. The number of aromatic nitrogens is 2. The molecule has 2 aromatic rings. The van der Waals surface area contributed by atoms with Crippen LogP contribution in [-0.2, 0) is 9.59 Å². The number of hydrogen-bond donors (Lipinski definition) is 3. The normalized spacial score (nSPS) is 9.88. The smallest absolute Gasteiger partial charge is 0.243 e. The molecule has 1 aromatic carbocycles. The minimum absolute atomic E-state index is 0. The fourth-order valence-electron chi connectivity index (χ4n) is 2.02. The Morgan fingerprint density at radius 1 is 1.17 bits per heavy atom. The number of carbonyl (C=O) groups excluding carboxylic acids is 2. The van der Waals surface area contributed by atoms with Gasteiger partial charge in [0.05, 0.1) is 12.2 Å². The molecule has 1 aromatic heterocycles. The first-order valence-corrected chi connectivity index (χ1v) is 7.50. The van der Waals surface area contributed by atoms with Gasteiger partial charge < -0.3 is 16.0 Å². The van der Waals surface area contributed by atoms with Gasteiger partial charge in [0.25, 0.3) is 0 Å². The quantitative estimate of drug-likeness (QED) is 0.626. The molecule has 2 rings (SSSR count). The number of halogens is 1. The van der Waals surface area contributed by atoms with E-state index in [4.69, 9.17) is 0 Å². The molecule has 0 bridgehead atoms. The molecule has 0 saturated carbocycles. The van der Waals surface area contributed by atoms with Crippen LogP contribution in [0, 0.1) is 0 Å². The maximum Gasteiger partial charge on any atom is 0.243 e. The standard InChI is InChI=1S/C16H21N5O2.ClH/c1-17-9-2-4-15(22)18-12-16(23)20-13-5-7-14(8-6-13)21-11-3-10-19-21;/h3,5-8,10-11,17H,2,4,9,12H2,1H3,(H,18,22)(H,20,23);1H. The Kier molecular flexibility index (Phi) is 8.53. The number of rotatable bonds is 8. The summed E-state index contributed by atoms with van der Waals surface area (Å²) in [7, 11) is 1.84. The van der Waals surface area contributed by atoms with Crippen molar-refractivity contribution in [1.82, 2.24) is 20.4 Å². The van der Waals surface area contributed by atoms with Gasteiger partial charge in [-0.05, 0) is 50.3 Å². The molecule has 0 fully saturated rings. The van der Waals surface area contributed by atoms with Crippen LogP contribution in [0.15, 0.2) is 42.7 Å². The molecule has 0 saturated heterocycles. The fourth-order valence-corrected chi connectivity index (χ4v) is 2.02. The summed E-state index contributed by atoms with van der Waals surface area (Å²) in [6.45, 7) is 0.751. The van der Waals surface area contributed by atoms with Gasteiger partial charge >= 0.3 is 0 Å². The topological polar surface area (TPSA) is 88.0 Å². The highest BCUT2D eigenvalue weighted by molar-refractivity contribution is 5.94. The summed E-state index contributed by atoms with van der Waals surface area (Å²) >= 11 is 0. The van der Waals surface area contributed by atoms with E-state index in [1.165, 1.54) is 0 Å². The van der Waals surface area contributed by atoms with E-state index < -0.39 is 0 Å². The van der Waals surface area contributed by atoms with E-state index >= 15 is 0 Å². The minimum atomic E-state index is -0.251. The average molecular weight is 352 g/mol. The monoisotopic (exact) mass is 351 g/mol. The largest absolute Gasteiger partial charge is 0.347 e. The van der Waals surface area contributed by atoms with Gasteiger partial charge in [-0.1, -0.05) is 0 Å². The molecule has 0 spiro atoms. The first-order chi connectivity index (χ1) is 11.2. The molecule has 24 heavy (non-hydrogen) atoms. The predicted molar refractivity (Wildman–Crippen MR) is 95.6 cm³/mol. The SMILES string of the molecule is CNCCCC(=O)NCC(=O)Nc1ccc(-n2cccn2)cc1.Cl. The maximum atomic E-state index is 11.8. The van der Waals surface area contributed by atoms with Crippen molar-refractivity contribution in [1.29, 1.82) is 0 Å². The van der Waals surface area contributed by atoms with Crippen LogP contribution < -0.4 is 16.0 Å². The van der Waals surface area contributed by atoms with E-state index in [-0.39, 0.29) is 30.8 Å². The summed E-state index contributed by atoms with van der Waals surface area (Å²) in [6, 6.07) is 9.15. The second-order valence-electron chi connectivity index (χ2n) is 5.03. The number of amides is 2. The fraction of sp³-hybridized carbons (Fsp3) is 0.312. The highest BCUT2D eigenvalue weighted by atomic mass is 35.5. The summed E-state index contributed by atoms with van der Waals surface area (Å²) in [5, 5.41) is 12.4. The van der Waals surface area contributed by atoms with Crippen LogP contribution in [0.25, 0.3) is 5.69 Å². The molecule has 130 valence electrons. The van der Waals surface area contributed by atoms with E-state index in [0.717, 1.165) is 18.7 Å². The van der Waals surface area contributed by atoms with Crippen molar-refractivity contribution in [3.05, 3.63) is 42.7 Å². The van der Waals surface area contributed by atoms with Gasteiger partial charge in [0.1, 0.15) is 0 Å². The molecule has 0 aliphatic carbocycles. The first-order valence-electron chi connectivity index (χ1n) is 7.50. The number of nitrogens with zero attached hydrogens (tertiary/aromatic N) is 2. The third-order valence-corrected chi connectivity index (χ3v) is 3.20. The Balaban J connectivity index is 0.00000288. The minimum Gasteiger partial charge on any atom is -0.347 e. The van der Waals surface area contributed by atoms with E-state index in [1.807, 2.05) is 31.4 Å². The van der Waals surface area contributed by atoms with Gasteiger partial charge in [0, 0.05) is 24.5 Å². The number of benzene rings is 1. The number of nitrogens with one attached hydrogen (secondary N) is 3. The van der Waals surface area contributed by atoms with E-state index in [1.54, 1.807) is 23.0 Å². The van der Waals surface area contributed by atoms with Crippen molar-refractivity contribution in [2.45, 2.75) is 12.8 Å². The van der Waals surface area contributed by atoms with Crippen molar-refractivity contribution in [2.24, 2.45) is 0 Å². The lowest BCUT2D eigenvalue weighted by atomic mass is 10.2. The third kappa shape index (κ3) is 6.39. The molecular weight excluding hydrogens is 330 g/mol. The first kappa shape index (κ1) is 19.7. The van der Waals surface area contributed by atoms with Crippen LogP contribution >= 0.6 is 12.4 Å². The Morgan fingerprint density at radius 3 is 2.54 bits per heavy atom. The highest BCUT2D eigenvalue weighted by Gasteiger charge is 2.06. The molecule has 1 heterocycles. The summed E-state index contributed by atoms with van der Waals surface area (Å²) in [5.74, 6) is -0.372. The molecule has 2 amide bonds. The van der Waals surface area contributed by atoms with Crippen molar-refractivity contribution in [2.75, 3.05) is 25.5 Å². The molecule has 8 heteroatoms. The van der Waals surface area contributed by atoms with Crippen molar-refractivity contribution in [3.8, 4) is 5.69 Å². The van der Waals surface area contributed by atoms with E-state index in [9.17, 15) is 9.59 Å². The Morgan fingerprint density at radius 2 is 1.92 bits per heavy atom. The Bertz CT molecular complexity index is 628. The molecule has 0 atom stereocenters. The van der Waals surface area contributed by atoms with E-state index in [2.05, 4.69) is 21.0 Å². The molecule has 0 unspecified atom stereocenters. The predicted octanol–water partition coefficient (Wildman–Crippen LogP) is 1.35. The van der Waals surface area contributed by atoms with Crippen LogP contribution in [-0.4, -0.2) is 41.7 Å². The number of carbonyl (C=O) groups is 2. The Hall–Kier alpha value is -2.38. The molecule has 0 aliphatic heterocycles. The van der Waals surface area contributed by atoms with E-state index in [0.29, 0.717) is 12.1 Å².